The number of hydrogen-bond acceptors (Lipinski definition) is 2. The van der Waals surface area contributed by atoms with Crippen LogP contribution in [0.1, 0.15) is 12.0 Å². The van der Waals surface area contributed by atoms with E-state index in [-0.39, 0.29) is 3.70 Å². The third-order valence-corrected chi connectivity index (χ3v) is 2.52. The van der Waals surface area contributed by atoms with E-state index >= 15 is 0 Å². The molecule has 0 saturated carbocycles. The molecule has 1 aromatic rings. The lowest BCUT2D eigenvalue weighted by molar-refractivity contribution is -0.274. The van der Waals surface area contributed by atoms with E-state index in [0.717, 1.165) is 0 Å². The second kappa shape index (κ2) is 4.86. The van der Waals surface area contributed by atoms with Crippen molar-refractivity contribution in [3.05, 3.63) is 20.5 Å². The number of pyridine rings is 1. The van der Waals surface area contributed by atoms with Crippen molar-refractivity contribution < 1.29 is 26.7 Å². The van der Waals surface area contributed by atoms with Gasteiger partial charge in [-0.2, -0.15) is 0 Å². The fraction of sp³-hybridized carbons (Fsp3) is 0.286. The highest BCUT2D eigenvalue weighted by molar-refractivity contribution is 14.1. The van der Waals surface area contributed by atoms with Gasteiger partial charge in [0.2, 0.25) is 0 Å². The molecule has 2 nitrogen and oxygen atoms in total. The highest BCUT2D eigenvalue weighted by atomic mass is 127. The number of ether oxygens (including phenoxy) is 1. The average molecular weight is 373 g/mol. The zero-order chi connectivity index (χ0) is 12.5. The first kappa shape index (κ1) is 13.7. The Hall–Kier alpha value is -0.380. The SMILES string of the molecule is FC(F)c1cc(OC(F)(F)F)c(Cl)nc1I. The van der Waals surface area contributed by atoms with Crippen LogP contribution in [-0.4, -0.2) is 11.3 Å². The van der Waals surface area contributed by atoms with Crippen molar-refractivity contribution in [1.29, 1.82) is 0 Å². The maximum Gasteiger partial charge on any atom is 0.573 e. The van der Waals surface area contributed by atoms with E-state index in [4.69, 9.17) is 11.6 Å². The molecule has 0 saturated heterocycles. The molecular formula is C7H2ClF5INO. The van der Waals surface area contributed by atoms with Gasteiger partial charge in [0.25, 0.3) is 6.43 Å². The third-order valence-electron chi connectivity index (χ3n) is 1.39. The molecule has 0 atom stereocenters. The molecule has 1 heterocycles. The van der Waals surface area contributed by atoms with Crippen LogP contribution in [0.25, 0.3) is 0 Å². The van der Waals surface area contributed by atoms with E-state index in [1.807, 2.05) is 0 Å². The largest absolute Gasteiger partial charge is 0.573 e. The predicted octanol–water partition coefficient (Wildman–Crippen LogP) is 4.18. The minimum atomic E-state index is -5.00. The molecule has 0 radical (unpaired) electrons. The van der Waals surface area contributed by atoms with E-state index in [1.165, 1.54) is 22.6 Å². The van der Waals surface area contributed by atoms with Crippen LogP contribution in [0.15, 0.2) is 6.07 Å². The second-order valence-corrected chi connectivity index (χ2v) is 3.89. The van der Waals surface area contributed by atoms with E-state index < -0.39 is 29.3 Å². The molecule has 0 aromatic carbocycles. The topological polar surface area (TPSA) is 22.1 Å². The Morgan fingerprint density at radius 2 is 1.94 bits per heavy atom. The maximum atomic E-state index is 12.3. The quantitative estimate of drug-likeness (QED) is 0.441. The van der Waals surface area contributed by atoms with Crippen LogP contribution in [0.2, 0.25) is 5.15 Å². The van der Waals surface area contributed by atoms with Gasteiger partial charge in [0.15, 0.2) is 10.9 Å². The number of alkyl halides is 5. The van der Waals surface area contributed by atoms with Gasteiger partial charge in [-0.1, -0.05) is 11.6 Å². The zero-order valence-corrected chi connectivity index (χ0v) is 10.1. The first-order valence-corrected chi connectivity index (χ1v) is 5.06. The van der Waals surface area contributed by atoms with Gasteiger partial charge in [-0.25, -0.2) is 13.8 Å². The minimum Gasteiger partial charge on any atom is -0.402 e. The van der Waals surface area contributed by atoms with Crippen molar-refractivity contribution in [2.24, 2.45) is 0 Å². The number of nitrogens with zero attached hydrogens (tertiary/aromatic N) is 1. The molecule has 0 aliphatic rings. The minimum absolute atomic E-state index is 0.174. The highest BCUT2D eigenvalue weighted by Crippen LogP contribution is 2.34. The molecule has 0 unspecified atom stereocenters. The fourth-order valence-corrected chi connectivity index (χ4v) is 1.77. The molecule has 16 heavy (non-hydrogen) atoms. The standard InChI is InChI=1S/C7H2ClF5INO/c8-4-3(16-7(11,12)13)1-2(5(9)10)6(14)15-4/h1,5H. The van der Waals surface area contributed by atoms with E-state index in [2.05, 4.69) is 9.72 Å². The van der Waals surface area contributed by atoms with Gasteiger partial charge < -0.3 is 4.74 Å². The number of hydrogen-bond donors (Lipinski definition) is 0. The molecule has 0 bridgehead atoms. The first-order valence-electron chi connectivity index (χ1n) is 3.60. The van der Waals surface area contributed by atoms with Crippen LogP contribution in [-0.2, 0) is 0 Å². The summed E-state index contributed by atoms with van der Waals surface area (Å²) < 4.78 is 63.5. The molecule has 0 aliphatic heterocycles. The average Bonchev–Trinajstić information content (AvgIpc) is 2.07. The van der Waals surface area contributed by atoms with Crippen molar-refractivity contribution in [3.63, 3.8) is 0 Å². The number of rotatable bonds is 2. The molecule has 0 spiro atoms. The van der Waals surface area contributed by atoms with Crippen LogP contribution in [0.4, 0.5) is 22.0 Å². The lowest BCUT2D eigenvalue weighted by atomic mass is 10.3. The Kier molecular flexibility index (Phi) is 4.16. The van der Waals surface area contributed by atoms with Crippen LogP contribution < -0.4 is 4.74 Å². The summed E-state index contributed by atoms with van der Waals surface area (Å²) in [4.78, 5) is 3.33. The van der Waals surface area contributed by atoms with Gasteiger partial charge >= 0.3 is 6.36 Å². The molecule has 0 N–H and O–H groups in total. The predicted molar refractivity (Wildman–Crippen MR) is 53.6 cm³/mol. The van der Waals surface area contributed by atoms with E-state index in [1.54, 1.807) is 0 Å². The normalized spacial score (nSPS) is 12.0. The smallest absolute Gasteiger partial charge is 0.402 e. The van der Waals surface area contributed by atoms with Gasteiger partial charge in [-0.3, -0.25) is 0 Å². The summed E-state index contributed by atoms with van der Waals surface area (Å²) in [6.07, 6.45) is -7.95. The molecule has 1 rings (SSSR count). The van der Waals surface area contributed by atoms with Gasteiger partial charge in [-0.05, 0) is 28.7 Å². The molecule has 0 amide bonds. The first-order chi connectivity index (χ1) is 7.20. The van der Waals surface area contributed by atoms with Crippen molar-refractivity contribution in [1.82, 2.24) is 4.98 Å². The van der Waals surface area contributed by atoms with E-state index in [0.29, 0.717) is 6.07 Å². The molecule has 0 fully saturated rings. The molecule has 0 aliphatic carbocycles. The van der Waals surface area contributed by atoms with Crippen LogP contribution in [0, 0.1) is 3.70 Å². The lowest BCUT2D eigenvalue weighted by Gasteiger charge is -2.12. The van der Waals surface area contributed by atoms with Gasteiger partial charge in [0, 0.05) is 0 Å². The molecule has 1 aromatic heterocycles. The van der Waals surface area contributed by atoms with Crippen LogP contribution in [0.3, 0.4) is 0 Å². The highest BCUT2D eigenvalue weighted by Gasteiger charge is 2.33. The summed E-state index contributed by atoms with van der Waals surface area (Å²) in [6, 6.07) is 0.523. The summed E-state index contributed by atoms with van der Waals surface area (Å²) in [5, 5.41) is -0.619. The Bertz CT molecular complexity index is 397. The third kappa shape index (κ3) is 3.58. The maximum absolute atomic E-state index is 12.3. The fourth-order valence-electron chi connectivity index (χ4n) is 0.815. The number of halogens is 7. The summed E-state index contributed by atoms with van der Waals surface area (Å²) in [6.45, 7) is 0. The number of aromatic nitrogens is 1. The molecular weight excluding hydrogens is 371 g/mol. The van der Waals surface area contributed by atoms with Crippen molar-refractivity contribution >= 4 is 34.2 Å². The summed E-state index contributed by atoms with van der Waals surface area (Å²) in [5.41, 5.74) is -0.663. The van der Waals surface area contributed by atoms with Crippen molar-refractivity contribution in [3.8, 4) is 5.75 Å². The zero-order valence-electron chi connectivity index (χ0n) is 7.16. The van der Waals surface area contributed by atoms with Gasteiger partial charge in [-0.15, -0.1) is 13.2 Å². The Labute approximate surface area is 105 Å². The van der Waals surface area contributed by atoms with Gasteiger partial charge in [0.1, 0.15) is 3.70 Å². The molecule has 90 valence electrons. The van der Waals surface area contributed by atoms with Gasteiger partial charge in [0.05, 0.1) is 5.56 Å². The van der Waals surface area contributed by atoms with Crippen LogP contribution >= 0.6 is 34.2 Å². The Morgan fingerprint density at radius 1 is 1.38 bits per heavy atom. The van der Waals surface area contributed by atoms with Crippen molar-refractivity contribution in [2.75, 3.05) is 0 Å². The monoisotopic (exact) mass is 373 g/mol. The summed E-state index contributed by atoms with van der Waals surface area (Å²) in [5.74, 6) is -0.940. The second-order valence-electron chi connectivity index (χ2n) is 2.51. The van der Waals surface area contributed by atoms with Crippen molar-refractivity contribution in [2.45, 2.75) is 12.8 Å². The lowest BCUT2D eigenvalue weighted by Crippen LogP contribution is -2.18. The Morgan fingerprint density at radius 3 is 2.38 bits per heavy atom. The molecule has 9 heteroatoms. The summed E-state index contributed by atoms with van der Waals surface area (Å²) >= 11 is 6.77. The Balaban J connectivity index is 3.15. The van der Waals surface area contributed by atoms with E-state index in [9.17, 15) is 22.0 Å². The summed E-state index contributed by atoms with van der Waals surface area (Å²) in [7, 11) is 0. The van der Waals surface area contributed by atoms with Crippen LogP contribution in [0.5, 0.6) is 5.75 Å².